The summed E-state index contributed by atoms with van der Waals surface area (Å²) in [6.07, 6.45) is 5.05. The van der Waals surface area contributed by atoms with Crippen LogP contribution in [0.5, 0.6) is 0 Å². The Morgan fingerprint density at radius 3 is 3.00 bits per heavy atom. The standard InChI is InChI=1S/C16H22N2O/c1-9-4-10-7-15-12(2-3-16(19)18-15)11-6-13(10)14(5-9)17-8-11/h2-3,9-11,13-14,17H,4-8H2,1H3,(H,18,19)/t9-,10+,11?,13?,14?/m1/s1. The van der Waals surface area contributed by atoms with E-state index in [9.17, 15) is 4.79 Å². The SMILES string of the molecule is C[C@H]1CC2NCC3CC2[C@H](Cc2[nH]c(=O)ccc23)C1. The molecule has 2 N–H and O–H groups in total. The Labute approximate surface area is 113 Å². The molecular weight excluding hydrogens is 236 g/mol. The van der Waals surface area contributed by atoms with Crippen LogP contribution >= 0.6 is 0 Å². The summed E-state index contributed by atoms with van der Waals surface area (Å²) in [5, 5.41) is 3.79. The van der Waals surface area contributed by atoms with E-state index in [2.05, 4.69) is 23.3 Å². The van der Waals surface area contributed by atoms with Crippen molar-refractivity contribution in [2.75, 3.05) is 6.54 Å². The smallest absolute Gasteiger partial charge is 0.248 e. The first-order valence-electron chi connectivity index (χ1n) is 7.66. The topological polar surface area (TPSA) is 44.9 Å². The number of rotatable bonds is 0. The van der Waals surface area contributed by atoms with E-state index in [0.29, 0.717) is 12.0 Å². The van der Waals surface area contributed by atoms with Crippen molar-refractivity contribution in [3.8, 4) is 0 Å². The van der Waals surface area contributed by atoms with Crippen LogP contribution < -0.4 is 10.9 Å². The fraction of sp³-hybridized carbons (Fsp3) is 0.688. The normalized spacial score (nSPS) is 40.4. The number of pyridine rings is 1. The molecule has 1 aromatic heterocycles. The van der Waals surface area contributed by atoms with Gasteiger partial charge in [-0.3, -0.25) is 4.79 Å². The zero-order valence-corrected chi connectivity index (χ0v) is 11.5. The summed E-state index contributed by atoms with van der Waals surface area (Å²) in [5.41, 5.74) is 2.68. The lowest BCUT2D eigenvalue weighted by Gasteiger charge is -2.45. The van der Waals surface area contributed by atoms with E-state index in [1.54, 1.807) is 6.07 Å². The maximum atomic E-state index is 11.6. The molecule has 0 aromatic carbocycles. The van der Waals surface area contributed by atoms with Gasteiger partial charge in [0.25, 0.3) is 0 Å². The zero-order chi connectivity index (χ0) is 13.0. The number of hydrogen-bond donors (Lipinski definition) is 2. The highest BCUT2D eigenvalue weighted by Gasteiger charge is 2.43. The molecule has 19 heavy (non-hydrogen) atoms. The first-order chi connectivity index (χ1) is 9.20. The lowest BCUT2D eigenvalue weighted by molar-refractivity contribution is 0.102. The Balaban J connectivity index is 1.79. The molecule has 1 aliphatic heterocycles. The highest BCUT2D eigenvalue weighted by atomic mass is 16.1. The molecule has 2 heterocycles. The molecule has 3 aliphatic rings. The molecule has 1 saturated carbocycles. The van der Waals surface area contributed by atoms with Crippen molar-refractivity contribution >= 4 is 0 Å². The van der Waals surface area contributed by atoms with E-state index >= 15 is 0 Å². The minimum atomic E-state index is 0.0589. The monoisotopic (exact) mass is 258 g/mol. The van der Waals surface area contributed by atoms with Crippen LogP contribution in [0.1, 0.15) is 43.4 Å². The highest BCUT2D eigenvalue weighted by molar-refractivity contribution is 5.28. The molecule has 3 unspecified atom stereocenters. The predicted octanol–water partition coefficient (Wildman–Crippen LogP) is 2.04. The molecule has 3 nitrogen and oxygen atoms in total. The first-order valence-corrected chi connectivity index (χ1v) is 7.66. The van der Waals surface area contributed by atoms with Crippen molar-refractivity contribution in [2.45, 2.75) is 44.6 Å². The van der Waals surface area contributed by atoms with Crippen LogP contribution in [-0.2, 0) is 6.42 Å². The Morgan fingerprint density at radius 1 is 1.21 bits per heavy atom. The van der Waals surface area contributed by atoms with Gasteiger partial charge in [0.05, 0.1) is 0 Å². The first kappa shape index (κ1) is 11.7. The Morgan fingerprint density at radius 2 is 2.11 bits per heavy atom. The predicted molar refractivity (Wildman–Crippen MR) is 75.3 cm³/mol. The largest absolute Gasteiger partial charge is 0.326 e. The molecule has 5 atom stereocenters. The van der Waals surface area contributed by atoms with Crippen molar-refractivity contribution in [3.05, 3.63) is 33.7 Å². The highest BCUT2D eigenvalue weighted by Crippen LogP contribution is 2.46. The van der Waals surface area contributed by atoms with Gasteiger partial charge in [0.2, 0.25) is 5.56 Å². The summed E-state index contributed by atoms with van der Waals surface area (Å²) in [5.74, 6) is 2.98. The van der Waals surface area contributed by atoms with Crippen LogP contribution in [0.4, 0.5) is 0 Å². The maximum Gasteiger partial charge on any atom is 0.248 e. The minimum Gasteiger partial charge on any atom is -0.326 e. The van der Waals surface area contributed by atoms with E-state index in [1.807, 2.05) is 0 Å². The second-order valence-corrected chi connectivity index (χ2v) is 6.91. The Bertz CT molecular complexity index is 550. The third kappa shape index (κ3) is 1.86. The fourth-order valence-electron chi connectivity index (χ4n) is 4.84. The van der Waals surface area contributed by atoms with Crippen LogP contribution in [-0.4, -0.2) is 17.6 Å². The van der Waals surface area contributed by atoms with E-state index < -0.39 is 0 Å². The number of aromatic amines is 1. The molecule has 2 fully saturated rings. The molecule has 0 radical (unpaired) electrons. The maximum absolute atomic E-state index is 11.6. The summed E-state index contributed by atoms with van der Waals surface area (Å²) in [7, 11) is 0. The molecule has 1 aromatic rings. The van der Waals surface area contributed by atoms with Gasteiger partial charge in [-0.25, -0.2) is 0 Å². The molecule has 2 aliphatic carbocycles. The molecule has 1 saturated heterocycles. The summed E-state index contributed by atoms with van der Waals surface area (Å²) in [6, 6.07) is 4.48. The van der Waals surface area contributed by atoms with Gasteiger partial charge in [-0.15, -0.1) is 0 Å². The van der Waals surface area contributed by atoms with Crippen LogP contribution in [0.15, 0.2) is 16.9 Å². The van der Waals surface area contributed by atoms with Gasteiger partial charge in [-0.05, 0) is 54.9 Å². The summed E-state index contributed by atoms with van der Waals surface area (Å²) in [6.45, 7) is 3.46. The summed E-state index contributed by atoms with van der Waals surface area (Å²) >= 11 is 0. The van der Waals surface area contributed by atoms with Crippen LogP contribution in [0.2, 0.25) is 0 Å². The van der Waals surface area contributed by atoms with E-state index in [1.165, 1.54) is 30.5 Å². The van der Waals surface area contributed by atoms with Crippen LogP contribution in [0.25, 0.3) is 0 Å². The zero-order valence-electron chi connectivity index (χ0n) is 11.5. The number of H-pyrrole nitrogens is 1. The quantitative estimate of drug-likeness (QED) is 0.748. The second kappa shape index (κ2) is 4.20. The summed E-state index contributed by atoms with van der Waals surface area (Å²) in [4.78, 5) is 14.7. The lowest BCUT2D eigenvalue weighted by atomic mass is 9.67. The summed E-state index contributed by atoms with van der Waals surface area (Å²) < 4.78 is 0. The van der Waals surface area contributed by atoms with Gasteiger partial charge >= 0.3 is 0 Å². The minimum absolute atomic E-state index is 0.0589. The average Bonchev–Trinajstić information content (AvgIpc) is 2.51. The van der Waals surface area contributed by atoms with Crippen LogP contribution in [0, 0.1) is 17.8 Å². The van der Waals surface area contributed by atoms with Crippen molar-refractivity contribution in [1.82, 2.24) is 10.3 Å². The van der Waals surface area contributed by atoms with Gasteiger partial charge < -0.3 is 10.3 Å². The number of hydrogen-bond acceptors (Lipinski definition) is 2. The van der Waals surface area contributed by atoms with Gasteiger partial charge in [-0.1, -0.05) is 13.0 Å². The van der Waals surface area contributed by atoms with Gasteiger partial charge in [0, 0.05) is 24.3 Å². The van der Waals surface area contributed by atoms with Crippen molar-refractivity contribution in [3.63, 3.8) is 0 Å². The van der Waals surface area contributed by atoms with Gasteiger partial charge in [0.15, 0.2) is 0 Å². The number of nitrogens with one attached hydrogen (secondary N) is 2. The molecule has 0 amide bonds. The second-order valence-electron chi connectivity index (χ2n) is 6.91. The van der Waals surface area contributed by atoms with Crippen molar-refractivity contribution in [2.24, 2.45) is 17.8 Å². The molecular formula is C16H22N2O. The third-order valence-corrected chi connectivity index (χ3v) is 5.61. The Kier molecular flexibility index (Phi) is 2.59. The van der Waals surface area contributed by atoms with E-state index in [4.69, 9.17) is 0 Å². The van der Waals surface area contributed by atoms with Gasteiger partial charge in [0.1, 0.15) is 0 Å². The fourth-order valence-corrected chi connectivity index (χ4v) is 4.84. The van der Waals surface area contributed by atoms with Crippen molar-refractivity contribution in [1.29, 1.82) is 0 Å². The average molecular weight is 258 g/mol. The molecule has 4 rings (SSSR count). The third-order valence-electron chi connectivity index (χ3n) is 5.61. The van der Waals surface area contributed by atoms with Crippen LogP contribution in [0.3, 0.4) is 0 Å². The number of piperidine rings is 1. The van der Waals surface area contributed by atoms with E-state index in [0.717, 1.165) is 30.7 Å². The van der Waals surface area contributed by atoms with Gasteiger partial charge in [-0.2, -0.15) is 0 Å². The molecule has 3 heteroatoms. The number of aromatic nitrogens is 1. The van der Waals surface area contributed by atoms with Crippen molar-refractivity contribution < 1.29 is 0 Å². The lowest BCUT2D eigenvalue weighted by Crippen LogP contribution is -2.50. The molecule has 2 bridgehead atoms. The Hall–Kier alpha value is -1.09. The molecule has 0 spiro atoms. The van der Waals surface area contributed by atoms with E-state index in [-0.39, 0.29) is 5.56 Å². The molecule has 102 valence electrons. The number of fused-ring (bicyclic) bond motifs is 3.